The van der Waals surface area contributed by atoms with Crippen molar-refractivity contribution < 1.29 is 4.74 Å². The van der Waals surface area contributed by atoms with Gasteiger partial charge in [-0.05, 0) is 17.7 Å². The van der Waals surface area contributed by atoms with E-state index in [1.165, 1.54) is 5.56 Å². The Morgan fingerprint density at radius 1 is 1.04 bits per heavy atom. The lowest BCUT2D eigenvalue weighted by molar-refractivity contribution is 0.125. The molecule has 0 bridgehead atoms. The second-order valence-corrected chi connectivity index (χ2v) is 5.04. The number of aromatic nitrogens is 1. The number of hydrogen-bond acceptors (Lipinski definition) is 3. The van der Waals surface area contributed by atoms with Gasteiger partial charge < -0.3 is 15.4 Å². The van der Waals surface area contributed by atoms with Crippen LogP contribution in [0.5, 0.6) is 0 Å². The SMILES string of the molecule is CN=C(NCCOCc1ccccc1)NCCc1ccccn1.I. The van der Waals surface area contributed by atoms with Crippen molar-refractivity contribution in [1.82, 2.24) is 15.6 Å². The average Bonchev–Trinajstić information content (AvgIpc) is 2.61. The Hall–Kier alpha value is -1.67. The van der Waals surface area contributed by atoms with Crippen molar-refractivity contribution >= 4 is 29.9 Å². The molecule has 24 heavy (non-hydrogen) atoms. The number of hydrogen-bond donors (Lipinski definition) is 2. The molecule has 0 aliphatic rings. The topological polar surface area (TPSA) is 58.5 Å². The van der Waals surface area contributed by atoms with Crippen molar-refractivity contribution in [3.8, 4) is 0 Å². The highest BCUT2D eigenvalue weighted by molar-refractivity contribution is 14.0. The van der Waals surface area contributed by atoms with Gasteiger partial charge in [-0.25, -0.2) is 0 Å². The van der Waals surface area contributed by atoms with E-state index >= 15 is 0 Å². The molecule has 0 amide bonds. The lowest BCUT2D eigenvalue weighted by atomic mass is 10.2. The summed E-state index contributed by atoms with van der Waals surface area (Å²) in [5.41, 5.74) is 2.26. The van der Waals surface area contributed by atoms with Gasteiger partial charge in [0.15, 0.2) is 5.96 Å². The summed E-state index contributed by atoms with van der Waals surface area (Å²) in [6.45, 7) is 2.78. The zero-order valence-corrected chi connectivity index (χ0v) is 16.3. The van der Waals surface area contributed by atoms with Gasteiger partial charge >= 0.3 is 0 Å². The third-order valence-electron chi connectivity index (χ3n) is 3.27. The molecular weight excluding hydrogens is 415 g/mol. The molecule has 0 saturated carbocycles. The van der Waals surface area contributed by atoms with Crippen molar-refractivity contribution in [2.75, 3.05) is 26.7 Å². The third kappa shape index (κ3) is 8.26. The molecular formula is C18H25IN4O. The summed E-state index contributed by atoms with van der Waals surface area (Å²) in [5, 5.41) is 6.51. The first-order chi connectivity index (χ1) is 11.4. The third-order valence-corrected chi connectivity index (χ3v) is 3.27. The predicted molar refractivity (Wildman–Crippen MR) is 109 cm³/mol. The minimum absolute atomic E-state index is 0. The van der Waals surface area contributed by atoms with Crippen LogP contribution in [0.3, 0.4) is 0 Å². The zero-order valence-electron chi connectivity index (χ0n) is 13.9. The summed E-state index contributed by atoms with van der Waals surface area (Å²) in [6, 6.07) is 16.1. The van der Waals surface area contributed by atoms with Crippen molar-refractivity contribution in [3.63, 3.8) is 0 Å². The molecule has 130 valence electrons. The van der Waals surface area contributed by atoms with E-state index in [2.05, 4.69) is 32.7 Å². The summed E-state index contributed by atoms with van der Waals surface area (Å²) < 4.78 is 5.63. The maximum absolute atomic E-state index is 5.63. The Balaban J connectivity index is 0.00000288. The Morgan fingerprint density at radius 2 is 1.79 bits per heavy atom. The van der Waals surface area contributed by atoms with E-state index in [4.69, 9.17) is 4.74 Å². The second kappa shape index (κ2) is 12.7. The molecule has 0 aliphatic heterocycles. The van der Waals surface area contributed by atoms with Crippen LogP contribution in [0.15, 0.2) is 59.7 Å². The smallest absolute Gasteiger partial charge is 0.191 e. The van der Waals surface area contributed by atoms with Crippen molar-refractivity contribution in [2.24, 2.45) is 4.99 Å². The van der Waals surface area contributed by atoms with Crippen LogP contribution in [0, 0.1) is 0 Å². The van der Waals surface area contributed by atoms with Gasteiger partial charge in [-0.1, -0.05) is 36.4 Å². The summed E-state index contributed by atoms with van der Waals surface area (Å²) in [6.07, 6.45) is 2.68. The molecule has 0 aliphatic carbocycles. The van der Waals surface area contributed by atoms with Crippen LogP contribution >= 0.6 is 24.0 Å². The molecule has 0 spiro atoms. The maximum Gasteiger partial charge on any atom is 0.191 e. The van der Waals surface area contributed by atoms with Crippen LogP contribution in [0.25, 0.3) is 0 Å². The second-order valence-electron chi connectivity index (χ2n) is 5.04. The average molecular weight is 440 g/mol. The number of nitrogens with one attached hydrogen (secondary N) is 2. The number of nitrogens with zero attached hydrogens (tertiary/aromatic N) is 2. The zero-order chi connectivity index (χ0) is 16.2. The number of rotatable bonds is 8. The Kier molecular flexibility index (Phi) is 10.8. The maximum atomic E-state index is 5.63. The van der Waals surface area contributed by atoms with E-state index in [-0.39, 0.29) is 24.0 Å². The number of benzene rings is 1. The standard InChI is InChI=1S/C18H24N4O.HI/c1-19-18(21-12-10-17-9-5-6-11-20-17)22-13-14-23-15-16-7-3-2-4-8-16;/h2-9,11H,10,12-15H2,1H3,(H2,19,21,22);1H. The Labute approximate surface area is 161 Å². The normalized spacial score (nSPS) is 10.8. The molecule has 2 N–H and O–H groups in total. The molecule has 0 fully saturated rings. The minimum Gasteiger partial charge on any atom is -0.375 e. The summed E-state index contributed by atoms with van der Waals surface area (Å²) in [4.78, 5) is 8.49. The molecule has 6 heteroatoms. The van der Waals surface area contributed by atoms with Gasteiger partial charge in [0.1, 0.15) is 0 Å². The van der Waals surface area contributed by atoms with Gasteiger partial charge in [0.25, 0.3) is 0 Å². The van der Waals surface area contributed by atoms with E-state index in [0.29, 0.717) is 13.2 Å². The van der Waals surface area contributed by atoms with E-state index in [0.717, 1.165) is 31.2 Å². The fraction of sp³-hybridized carbons (Fsp3) is 0.333. The van der Waals surface area contributed by atoms with Crippen LogP contribution < -0.4 is 10.6 Å². The lowest BCUT2D eigenvalue weighted by Crippen LogP contribution is -2.39. The molecule has 0 unspecified atom stereocenters. The minimum atomic E-state index is 0. The lowest BCUT2D eigenvalue weighted by Gasteiger charge is -2.12. The number of pyridine rings is 1. The van der Waals surface area contributed by atoms with E-state index in [1.807, 2.05) is 42.6 Å². The highest BCUT2D eigenvalue weighted by atomic mass is 127. The Bertz CT molecular complexity index is 578. The van der Waals surface area contributed by atoms with Crippen LogP contribution in [0.4, 0.5) is 0 Å². The van der Waals surface area contributed by atoms with E-state index in [9.17, 15) is 0 Å². The molecule has 1 aromatic carbocycles. The highest BCUT2D eigenvalue weighted by Gasteiger charge is 1.98. The molecule has 0 radical (unpaired) electrons. The molecule has 1 heterocycles. The van der Waals surface area contributed by atoms with Crippen LogP contribution in [-0.4, -0.2) is 37.7 Å². The van der Waals surface area contributed by atoms with Crippen LogP contribution in [0.2, 0.25) is 0 Å². The fourth-order valence-corrected chi connectivity index (χ4v) is 2.08. The van der Waals surface area contributed by atoms with Crippen LogP contribution in [0.1, 0.15) is 11.3 Å². The molecule has 0 saturated heterocycles. The molecule has 2 rings (SSSR count). The number of guanidine groups is 1. The van der Waals surface area contributed by atoms with Crippen molar-refractivity contribution in [2.45, 2.75) is 13.0 Å². The quantitative estimate of drug-likeness (QED) is 0.287. The first kappa shape index (κ1) is 20.4. The molecule has 2 aromatic rings. The first-order valence-electron chi connectivity index (χ1n) is 7.84. The van der Waals surface area contributed by atoms with Crippen molar-refractivity contribution in [1.29, 1.82) is 0 Å². The Morgan fingerprint density at radius 3 is 2.50 bits per heavy atom. The molecule has 5 nitrogen and oxygen atoms in total. The van der Waals surface area contributed by atoms with Crippen LogP contribution in [-0.2, 0) is 17.8 Å². The van der Waals surface area contributed by atoms with Gasteiger partial charge in [0.05, 0.1) is 13.2 Å². The van der Waals surface area contributed by atoms with Gasteiger partial charge in [0.2, 0.25) is 0 Å². The number of ether oxygens (including phenoxy) is 1. The van der Waals surface area contributed by atoms with E-state index < -0.39 is 0 Å². The van der Waals surface area contributed by atoms with Gasteiger partial charge in [-0.15, -0.1) is 24.0 Å². The van der Waals surface area contributed by atoms with E-state index in [1.54, 1.807) is 7.05 Å². The molecule has 1 aromatic heterocycles. The summed E-state index contributed by atoms with van der Waals surface area (Å²) in [7, 11) is 1.76. The highest BCUT2D eigenvalue weighted by Crippen LogP contribution is 1.99. The first-order valence-corrected chi connectivity index (χ1v) is 7.84. The molecule has 0 atom stereocenters. The monoisotopic (exact) mass is 440 g/mol. The van der Waals surface area contributed by atoms with Gasteiger partial charge in [-0.2, -0.15) is 0 Å². The summed E-state index contributed by atoms with van der Waals surface area (Å²) in [5.74, 6) is 0.782. The number of halogens is 1. The fourth-order valence-electron chi connectivity index (χ4n) is 2.08. The predicted octanol–water partition coefficient (Wildman–Crippen LogP) is 2.62. The number of aliphatic imine (C=N–C) groups is 1. The van der Waals surface area contributed by atoms with Gasteiger partial charge in [0, 0.05) is 38.4 Å². The van der Waals surface area contributed by atoms with Gasteiger partial charge in [-0.3, -0.25) is 9.98 Å². The van der Waals surface area contributed by atoms with Crippen molar-refractivity contribution in [3.05, 3.63) is 66.0 Å². The largest absolute Gasteiger partial charge is 0.375 e. The summed E-state index contributed by atoms with van der Waals surface area (Å²) >= 11 is 0.